The third-order valence-electron chi connectivity index (χ3n) is 3.38. The van der Waals surface area contributed by atoms with E-state index >= 15 is 0 Å². The van der Waals surface area contributed by atoms with Crippen molar-refractivity contribution < 1.29 is 4.79 Å². The number of hydrogen-bond acceptors (Lipinski definition) is 3. The van der Waals surface area contributed by atoms with Gasteiger partial charge in [-0.05, 0) is 30.7 Å². The summed E-state index contributed by atoms with van der Waals surface area (Å²) in [6.45, 7) is 5.93. The zero-order valence-electron chi connectivity index (χ0n) is 11.0. The summed E-state index contributed by atoms with van der Waals surface area (Å²) in [5, 5.41) is 12.9. The van der Waals surface area contributed by atoms with Crippen LogP contribution in [0.5, 0.6) is 0 Å². The number of rotatable bonds is 2. The van der Waals surface area contributed by atoms with E-state index in [9.17, 15) is 10.1 Å². The molecule has 0 radical (unpaired) electrons. The van der Waals surface area contributed by atoms with Crippen LogP contribution in [-0.4, -0.2) is 5.91 Å². The Bertz CT molecular complexity index is 511. The van der Waals surface area contributed by atoms with Gasteiger partial charge in [-0.25, -0.2) is 0 Å². The van der Waals surface area contributed by atoms with Crippen molar-refractivity contribution in [3.05, 3.63) is 16.0 Å². The molecular formula is C14H18N2OS. The average Bonchev–Trinajstić information content (AvgIpc) is 2.65. The van der Waals surface area contributed by atoms with Crippen molar-refractivity contribution in [2.45, 2.75) is 40.0 Å². The maximum atomic E-state index is 11.7. The molecule has 1 atom stereocenters. The SMILES string of the molecule is CC(C)C(=O)Nc1sc2c(c1C#N)C[C@H](C)CC2. The lowest BCUT2D eigenvalue weighted by Gasteiger charge is -2.17. The van der Waals surface area contributed by atoms with E-state index in [1.54, 1.807) is 11.3 Å². The highest BCUT2D eigenvalue weighted by Crippen LogP contribution is 2.39. The number of carbonyl (C=O) groups is 1. The number of carbonyl (C=O) groups excluding carboxylic acids is 1. The van der Waals surface area contributed by atoms with Crippen LogP contribution in [0.3, 0.4) is 0 Å². The van der Waals surface area contributed by atoms with E-state index in [0.717, 1.165) is 17.8 Å². The van der Waals surface area contributed by atoms with Crippen LogP contribution < -0.4 is 5.32 Å². The normalized spacial score (nSPS) is 18.3. The minimum absolute atomic E-state index is 0.0156. The number of nitrogens with one attached hydrogen (secondary N) is 1. The van der Waals surface area contributed by atoms with Crippen LogP contribution in [0.1, 0.15) is 43.2 Å². The first-order valence-corrected chi connectivity index (χ1v) is 7.20. The van der Waals surface area contributed by atoms with E-state index in [4.69, 9.17) is 0 Å². The quantitative estimate of drug-likeness (QED) is 0.888. The minimum Gasteiger partial charge on any atom is -0.316 e. The van der Waals surface area contributed by atoms with Crippen molar-refractivity contribution in [3.63, 3.8) is 0 Å². The molecule has 0 saturated heterocycles. The molecule has 1 amide bonds. The maximum absolute atomic E-state index is 11.7. The first-order valence-electron chi connectivity index (χ1n) is 6.38. The fraction of sp³-hybridized carbons (Fsp3) is 0.571. The largest absolute Gasteiger partial charge is 0.316 e. The van der Waals surface area contributed by atoms with Gasteiger partial charge in [-0.2, -0.15) is 5.26 Å². The van der Waals surface area contributed by atoms with Crippen molar-refractivity contribution in [1.29, 1.82) is 5.26 Å². The highest BCUT2D eigenvalue weighted by atomic mass is 32.1. The van der Waals surface area contributed by atoms with Gasteiger partial charge >= 0.3 is 0 Å². The van der Waals surface area contributed by atoms with Gasteiger partial charge in [-0.3, -0.25) is 4.79 Å². The molecule has 18 heavy (non-hydrogen) atoms. The molecule has 0 fully saturated rings. The second kappa shape index (κ2) is 5.11. The summed E-state index contributed by atoms with van der Waals surface area (Å²) in [7, 11) is 0. The molecule has 2 rings (SSSR count). The van der Waals surface area contributed by atoms with Crippen LogP contribution in [0.15, 0.2) is 0 Å². The molecule has 1 aromatic heterocycles. The van der Waals surface area contributed by atoms with Crippen LogP contribution in [0, 0.1) is 23.2 Å². The average molecular weight is 262 g/mol. The number of anilines is 1. The van der Waals surface area contributed by atoms with E-state index in [1.165, 1.54) is 16.9 Å². The summed E-state index contributed by atoms with van der Waals surface area (Å²) in [6, 6.07) is 2.26. The second-order valence-corrected chi connectivity index (χ2v) is 6.42. The van der Waals surface area contributed by atoms with Crippen LogP contribution in [0.25, 0.3) is 0 Å². The maximum Gasteiger partial charge on any atom is 0.227 e. The van der Waals surface area contributed by atoms with Crippen molar-refractivity contribution >= 4 is 22.2 Å². The highest BCUT2D eigenvalue weighted by molar-refractivity contribution is 7.16. The number of hydrogen-bond donors (Lipinski definition) is 1. The number of nitriles is 1. The van der Waals surface area contributed by atoms with Crippen LogP contribution in [0.2, 0.25) is 0 Å². The first-order chi connectivity index (χ1) is 8.52. The van der Waals surface area contributed by atoms with E-state index in [0.29, 0.717) is 11.5 Å². The Labute approximate surface area is 112 Å². The fourth-order valence-electron chi connectivity index (χ4n) is 2.22. The topological polar surface area (TPSA) is 52.9 Å². The lowest BCUT2D eigenvalue weighted by molar-refractivity contribution is -0.118. The van der Waals surface area contributed by atoms with Crippen molar-refractivity contribution in [2.24, 2.45) is 11.8 Å². The summed E-state index contributed by atoms with van der Waals surface area (Å²) >= 11 is 1.58. The Hall–Kier alpha value is -1.34. The molecule has 1 aromatic rings. The monoisotopic (exact) mass is 262 g/mol. The molecule has 4 heteroatoms. The fourth-order valence-corrected chi connectivity index (χ4v) is 3.42. The molecule has 1 N–H and O–H groups in total. The Morgan fingerprint density at radius 1 is 1.56 bits per heavy atom. The summed E-state index contributed by atoms with van der Waals surface area (Å²) in [6.07, 6.45) is 3.18. The summed E-state index contributed by atoms with van der Waals surface area (Å²) in [5.41, 5.74) is 1.86. The molecule has 1 aliphatic rings. The third-order valence-corrected chi connectivity index (χ3v) is 4.59. The lowest BCUT2D eigenvalue weighted by Crippen LogP contribution is -2.17. The minimum atomic E-state index is -0.0606. The van der Waals surface area contributed by atoms with E-state index < -0.39 is 0 Å². The van der Waals surface area contributed by atoms with Gasteiger partial charge < -0.3 is 5.32 Å². The molecule has 0 spiro atoms. The molecule has 0 saturated carbocycles. The number of fused-ring (bicyclic) bond motifs is 1. The van der Waals surface area contributed by atoms with Gasteiger partial charge in [0.15, 0.2) is 0 Å². The number of aryl methyl sites for hydroxylation is 1. The number of nitrogens with zero attached hydrogens (tertiary/aromatic N) is 1. The molecule has 1 heterocycles. The van der Waals surface area contributed by atoms with Crippen LogP contribution in [-0.2, 0) is 17.6 Å². The Kier molecular flexibility index (Phi) is 3.72. The van der Waals surface area contributed by atoms with Gasteiger partial charge in [-0.15, -0.1) is 11.3 Å². The Morgan fingerprint density at radius 3 is 2.89 bits per heavy atom. The number of thiophene rings is 1. The van der Waals surface area contributed by atoms with Crippen LogP contribution >= 0.6 is 11.3 Å². The van der Waals surface area contributed by atoms with Crippen molar-refractivity contribution in [2.75, 3.05) is 5.32 Å². The van der Waals surface area contributed by atoms with E-state index in [-0.39, 0.29) is 11.8 Å². The molecular weight excluding hydrogens is 244 g/mol. The second-order valence-electron chi connectivity index (χ2n) is 5.31. The third kappa shape index (κ3) is 2.41. The number of amides is 1. The van der Waals surface area contributed by atoms with Crippen molar-refractivity contribution in [1.82, 2.24) is 0 Å². The smallest absolute Gasteiger partial charge is 0.227 e. The van der Waals surface area contributed by atoms with Gasteiger partial charge in [0.1, 0.15) is 11.1 Å². The van der Waals surface area contributed by atoms with Gasteiger partial charge in [0, 0.05) is 10.8 Å². The molecule has 0 aromatic carbocycles. The van der Waals surface area contributed by atoms with Gasteiger partial charge in [0.25, 0.3) is 0 Å². The van der Waals surface area contributed by atoms with Gasteiger partial charge in [0.2, 0.25) is 5.91 Å². The predicted molar refractivity (Wildman–Crippen MR) is 73.7 cm³/mol. The van der Waals surface area contributed by atoms with E-state index in [1.807, 2.05) is 13.8 Å². The standard InChI is InChI=1S/C14H18N2OS/c1-8(2)13(17)16-14-11(7-15)10-6-9(3)4-5-12(10)18-14/h8-9H,4-6H2,1-3H3,(H,16,17)/t9-/m1/s1. The van der Waals surface area contributed by atoms with Gasteiger partial charge in [0.05, 0.1) is 5.56 Å². The van der Waals surface area contributed by atoms with E-state index in [2.05, 4.69) is 18.3 Å². The predicted octanol–water partition coefficient (Wildman–Crippen LogP) is 3.34. The molecule has 1 aliphatic carbocycles. The Morgan fingerprint density at radius 2 is 2.28 bits per heavy atom. The summed E-state index contributed by atoms with van der Waals surface area (Å²) in [5.74, 6) is 0.556. The zero-order valence-corrected chi connectivity index (χ0v) is 11.9. The highest BCUT2D eigenvalue weighted by Gasteiger charge is 2.25. The summed E-state index contributed by atoms with van der Waals surface area (Å²) in [4.78, 5) is 13.0. The lowest BCUT2D eigenvalue weighted by atomic mass is 9.88. The zero-order chi connectivity index (χ0) is 13.3. The molecule has 96 valence electrons. The van der Waals surface area contributed by atoms with Gasteiger partial charge in [-0.1, -0.05) is 20.8 Å². The van der Waals surface area contributed by atoms with Crippen molar-refractivity contribution in [3.8, 4) is 6.07 Å². The molecule has 0 aliphatic heterocycles. The molecule has 0 bridgehead atoms. The molecule has 0 unspecified atom stereocenters. The first kappa shape index (κ1) is 13.1. The summed E-state index contributed by atoms with van der Waals surface area (Å²) < 4.78 is 0. The Balaban J connectivity index is 2.33. The van der Waals surface area contributed by atoms with Crippen LogP contribution in [0.4, 0.5) is 5.00 Å². The molecule has 3 nitrogen and oxygen atoms in total.